The number of phosphoric acid groups is 1. The first-order chi connectivity index (χ1) is 38.4. The van der Waals surface area contributed by atoms with Crippen LogP contribution in [-0.2, 0) is 27.9 Å². The molecule has 0 saturated carbocycles. The van der Waals surface area contributed by atoms with Crippen molar-refractivity contribution in [1.82, 2.24) is 5.32 Å². The van der Waals surface area contributed by atoms with Gasteiger partial charge >= 0.3 is 5.97 Å². The van der Waals surface area contributed by atoms with Gasteiger partial charge < -0.3 is 28.5 Å². The molecule has 0 aromatic carbocycles. The van der Waals surface area contributed by atoms with E-state index >= 15 is 0 Å². The summed E-state index contributed by atoms with van der Waals surface area (Å²) in [5, 5.41) is 3.02. The van der Waals surface area contributed by atoms with Gasteiger partial charge in [0.1, 0.15) is 19.3 Å². The van der Waals surface area contributed by atoms with E-state index in [4.69, 9.17) is 13.8 Å². The Morgan fingerprint density at radius 3 is 1.24 bits per heavy atom. The van der Waals surface area contributed by atoms with Gasteiger partial charge in [-0.1, -0.05) is 267 Å². The molecule has 3 atom stereocenters. The summed E-state index contributed by atoms with van der Waals surface area (Å²) in [5.41, 5.74) is 0. The van der Waals surface area contributed by atoms with Crippen LogP contribution >= 0.6 is 7.82 Å². The van der Waals surface area contributed by atoms with E-state index in [0.717, 1.165) is 89.9 Å². The van der Waals surface area contributed by atoms with Crippen LogP contribution in [-0.4, -0.2) is 69.4 Å². The van der Waals surface area contributed by atoms with Crippen LogP contribution in [0.1, 0.15) is 303 Å². The maximum absolute atomic E-state index is 13.5. The van der Waals surface area contributed by atoms with Gasteiger partial charge in [-0.2, -0.15) is 0 Å². The Morgan fingerprint density at radius 2 is 0.810 bits per heavy atom. The van der Waals surface area contributed by atoms with E-state index in [1.54, 1.807) is 0 Å². The van der Waals surface area contributed by atoms with Crippen molar-refractivity contribution >= 4 is 19.7 Å². The molecule has 0 saturated heterocycles. The minimum absolute atomic E-state index is 0.0280. The number of unbranched alkanes of at least 4 members (excludes halogenated alkanes) is 34. The Bertz CT molecular complexity index is 1580. The molecule has 9 nitrogen and oxygen atoms in total. The van der Waals surface area contributed by atoms with Crippen molar-refractivity contribution in [3.63, 3.8) is 0 Å². The van der Waals surface area contributed by atoms with Gasteiger partial charge in [0.2, 0.25) is 5.91 Å². The number of carbonyl (C=O) groups is 2. The number of esters is 1. The van der Waals surface area contributed by atoms with E-state index < -0.39 is 26.6 Å². The zero-order valence-electron chi connectivity index (χ0n) is 52.6. The Morgan fingerprint density at radius 1 is 0.456 bits per heavy atom. The van der Waals surface area contributed by atoms with Crippen molar-refractivity contribution in [3.05, 3.63) is 72.9 Å². The lowest BCUT2D eigenvalue weighted by Crippen LogP contribution is -2.47. The molecule has 0 aliphatic heterocycles. The zero-order valence-corrected chi connectivity index (χ0v) is 53.5. The maximum Gasteiger partial charge on any atom is 0.306 e. The molecule has 0 aliphatic carbocycles. The summed E-state index contributed by atoms with van der Waals surface area (Å²) < 4.78 is 30.3. The lowest BCUT2D eigenvalue weighted by Gasteiger charge is -2.30. The van der Waals surface area contributed by atoms with Crippen LogP contribution in [0, 0.1) is 0 Å². The molecular weight excluding hydrogens is 1000 g/mol. The monoisotopic (exact) mass is 1130 g/mol. The standard InChI is InChI=1S/C69H127N2O7P/c1-7-10-13-16-19-22-25-28-30-31-32-33-34-35-36-37-38-39-40-41-42-44-47-50-53-56-59-62-69(73)78-67(60-57-54-51-48-45-27-24-21-18-15-12-9-3)66(65-77-79(74,75)76-64-63-71(4,5)6)70-68(72)61-58-55-52-49-46-43-29-26-23-20-17-14-11-8-2/h11,14,19-20,22-23,28-30,43,57,60,66-67H,7-10,12-13,15-18,21,24-27,31-42,44-56,58-59,61-65H2,1-6H3,(H-,70,72,74,75)/b14-11+,22-19-,23-20+,30-28-,43-29+,60-57-. The molecule has 79 heavy (non-hydrogen) atoms. The molecule has 0 fully saturated rings. The van der Waals surface area contributed by atoms with Crippen molar-refractivity contribution in [3.8, 4) is 0 Å². The van der Waals surface area contributed by atoms with Crippen molar-refractivity contribution < 1.29 is 37.3 Å². The molecule has 0 aromatic rings. The number of nitrogens with zero attached hydrogens (tertiary/aromatic N) is 1. The highest BCUT2D eigenvalue weighted by Gasteiger charge is 2.27. The summed E-state index contributed by atoms with van der Waals surface area (Å²) in [6.07, 6.45) is 76.0. The Balaban J connectivity index is 5.02. The number of likely N-dealkylation sites (N-methyl/N-ethyl adjacent to an activating group) is 1. The predicted octanol–water partition coefficient (Wildman–Crippen LogP) is 20.2. The molecule has 0 aliphatic rings. The third-order valence-corrected chi connectivity index (χ3v) is 15.6. The number of nitrogens with one attached hydrogen (secondary N) is 1. The minimum atomic E-state index is -4.71. The van der Waals surface area contributed by atoms with E-state index in [2.05, 4.69) is 86.8 Å². The number of ether oxygens (including phenoxy) is 1. The van der Waals surface area contributed by atoms with Crippen LogP contribution in [0.2, 0.25) is 0 Å². The molecule has 0 aromatic heterocycles. The first-order valence-electron chi connectivity index (χ1n) is 33.2. The molecule has 1 amide bonds. The molecule has 3 unspecified atom stereocenters. The Kier molecular flexibility index (Phi) is 56.7. The SMILES string of the molecule is CC/C=C/C/C=C/C/C=C/CCCCCCC(=O)NC(COP(=O)([O-])OCC[N+](C)(C)C)C(/C=C\CCCCCCCCCCCC)OC(=O)CCCCCCCCCCCCCCCCCCC/C=C\C/C=C\CCCCC. The van der Waals surface area contributed by atoms with Gasteiger partial charge in [-0.3, -0.25) is 14.2 Å². The molecule has 0 heterocycles. The zero-order chi connectivity index (χ0) is 57.9. The largest absolute Gasteiger partial charge is 0.756 e. The lowest BCUT2D eigenvalue weighted by atomic mass is 10.0. The molecule has 1 N–H and O–H groups in total. The third-order valence-electron chi connectivity index (χ3n) is 14.6. The first kappa shape index (κ1) is 76.5. The molecule has 0 bridgehead atoms. The van der Waals surface area contributed by atoms with Crippen molar-refractivity contribution in [2.24, 2.45) is 0 Å². The predicted molar refractivity (Wildman–Crippen MR) is 339 cm³/mol. The topological polar surface area (TPSA) is 114 Å². The van der Waals surface area contributed by atoms with E-state index in [1.807, 2.05) is 33.3 Å². The highest BCUT2D eigenvalue weighted by Crippen LogP contribution is 2.38. The van der Waals surface area contributed by atoms with Crippen LogP contribution in [0.15, 0.2) is 72.9 Å². The number of rotatable bonds is 60. The minimum Gasteiger partial charge on any atom is -0.756 e. The van der Waals surface area contributed by atoms with Gasteiger partial charge in [0, 0.05) is 12.8 Å². The average Bonchev–Trinajstić information content (AvgIpc) is 3.41. The van der Waals surface area contributed by atoms with Gasteiger partial charge in [-0.15, -0.1) is 0 Å². The fraction of sp³-hybridized carbons (Fsp3) is 0.797. The Hall–Kier alpha value is -2.55. The number of amides is 1. The van der Waals surface area contributed by atoms with Crippen LogP contribution in [0.25, 0.3) is 0 Å². The molecule has 0 radical (unpaired) electrons. The molecule has 10 heteroatoms. The molecule has 0 rings (SSSR count). The summed E-state index contributed by atoms with van der Waals surface area (Å²) in [6.45, 7) is 6.70. The summed E-state index contributed by atoms with van der Waals surface area (Å²) >= 11 is 0. The van der Waals surface area contributed by atoms with Gasteiger partial charge in [0.05, 0.1) is 33.8 Å². The summed E-state index contributed by atoms with van der Waals surface area (Å²) in [4.78, 5) is 40.0. The normalized spacial score (nSPS) is 14.1. The van der Waals surface area contributed by atoms with E-state index in [0.29, 0.717) is 23.9 Å². The van der Waals surface area contributed by atoms with Crippen LogP contribution in [0.3, 0.4) is 0 Å². The summed E-state index contributed by atoms with van der Waals surface area (Å²) in [6, 6.07) is -0.901. The summed E-state index contributed by atoms with van der Waals surface area (Å²) in [5.74, 6) is -0.560. The van der Waals surface area contributed by atoms with E-state index in [9.17, 15) is 19.0 Å². The fourth-order valence-corrected chi connectivity index (χ4v) is 10.2. The van der Waals surface area contributed by atoms with Crippen LogP contribution < -0.4 is 10.2 Å². The van der Waals surface area contributed by atoms with Crippen LogP contribution in [0.4, 0.5) is 0 Å². The maximum atomic E-state index is 13.5. The third kappa shape index (κ3) is 59.9. The molecular formula is C69H127N2O7P. The van der Waals surface area contributed by atoms with E-state index in [1.165, 1.54) is 173 Å². The van der Waals surface area contributed by atoms with Gasteiger partial charge in [-0.05, 0) is 96.0 Å². The van der Waals surface area contributed by atoms with Gasteiger partial charge in [-0.25, -0.2) is 0 Å². The number of allylic oxidation sites excluding steroid dienone is 11. The highest BCUT2D eigenvalue weighted by molar-refractivity contribution is 7.45. The summed E-state index contributed by atoms with van der Waals surface area (Å²) in [7, 11) is 1.17. The van der Waals surface area contributed by atoms with Crippen LogP contribution in [0.5, 0.6) is 0 Å². The number of hydrogen-bond acceptors (Lipinski definition) is 7. The Labute approximate surface area is 489 Å². The molecule has 460 valence electrons. The molecule has 0 spiro atoms. The van der Waals surface area contributed by atoms with E-state index in [-0.39, 0.29) is 24.9 Å². The first-order valence-corrected chi connectivity index (χ1v) is 34.7. The highest BCUT2D eigenvalue weighted by atomic mass is 31.2. The lowest BCUT2D eigenvalue weighted by molar-refractivity contribution is -0.870. The second-order valence-corrected chi connectivity index (χ2v) is 25.0. The van der Waals surface area contributed by atoms with Crippen molar-refractivity contribution in [2.75, 3.05) is 40.9 Å². The van der Waals surface area contributed by atoms with Gasteiger partial charge in [0.25, 0.3) is 7.82 Å². The fourth-order valence-electron chi connectivity index (χ4n) is 9.51. The van der Waals surface area contributed by atoms with Crippen molar-refractivity contribution in [2.45, 2.75) is 315 Å². The number of carbonyl (C=O) groups excluding carboxylic acids is 2. The second kappa shape index (κ2) is 58.6. The average molecular weight is 1130 g/mol. The van der Waals surface area contributed by atoms with Crippen molar-refractivity contribution in [1.29, 1.82) is 0 Å². The second-order valence-electron chi connectivity index (χ2n) is 23.6. The quantitative estimate of drug-likeness (QED) is 0.0212. The smallest absolute Gasteiger partial charge is 0.306 e. The van der Waals surface area contributed by atoms with Gasteiger partial charge in [0.15, 0.2) is 0 Å². The number of hydrogen-bond donors (Lipinski definition) is 1. The number of quaternary nitrogens is 1. The number of phosphoric ester groups is 1.